The second-order valence-electron chi connectivity index (χ2n) is 1.86. The molecule has 0 spiro atoms. The number of thiophene rings is 1. The molecule has 1 aromatic heterocycles. The van der Waals surface area contributed by atoms with Crippen LogP contribution in [0.25, 0.3) is 0 Å². The standard InChI is InChI=1S/C6H4ClNO3S/c7-3-1-2-4(12-3)8-5(9)6(10)11/h1-2H,(H,8,9)(H,10,11). The molecule has 4 nitrogen and oxygen atoms in total. The van der Waals surface area contributed by atoms with Crippen LogP contribution in [0.1, 0.15) is 0 Å². The van der Waals surface area contributed by atoms with Gasteiger partial charge in [-0.1, -0.05) is 11.6 Å². The van der Waals surface area contributed by atoms with E-state index in [1.165, 1.54) is 6.07 Å². The van der Waals surface area contributed by atoms with Gasteiger partial charge >= 0.3 is 11.9 Å². The van der Waals surface area contributed by atoms with Gasteiger partial charge in [-0.05, 0) is 12.1 Å². The van der Waals surface area contributed by atoms with Crippen molar-refractivity contribution in [2.45, 2.75) is 0 Å². The van der Waals surface area contributed by atoms with E-state index < -0.39 is 11.9 Å². The number of carboxylic acid groups (broad SMARTS) is 1. The molecule has 0 atom stereocenters. The largest absolute Gasteiger partial charge is 0.474 e. The number of carboxylic acids is 1. The quantitative estimate of drug-likeness (QED) is 0.682. The van der Waals surface area contributed by atoms with E-state index >= 15 is 0 Å². The Hall–Kier alpha value is -1.07. The first kappa shape index (κ1) is 9.02. The molecule has 0 radical (unpaired) electrons. The fourth-order valence-electron chi connectivity index (χ4n) is 0.547. The van der Waals surface area contributed by atoms with Gasteiger partial charge in [0.2, 0.25) is 0 Å². The van der Waals surface area contributed by atoms with Crippen molar-refractivity contribution in [2.75, 3.05) is 5.32 Å². The highest BCUT2D eigenvalue weighted by molar-refractivity contribution is 7.20. The molecule has 12 heavy (non-hydrogen) atoms. The average Bonchev–Trinajstić information content (AvgIpc) is 2.35. The van der Waals surface area contributed by atoms with Crippen LogP contribution in [0.5, 0.6) is 0 Å². The highest BCUT2D eigenvalue weighted by Crippen LogP contribution is 2.25. The number of amides is 1. The third-order valence-electron chi connectivity index (χ3n) is 1.00. The van der Waals surface area contributed by atoms with Crippen molar-refractivity contribution in [2.24, 2.45) is 0 Å². The molecule has 64 valence electrons. The predicted octanol–water partition coefficient (Wildman–Crippen LogP) is 1.42. The Bertz CT molecular complexity index is 322. The number of halogens is 1. The summed E-state index contributed by atoms with van der Waals surface area (Å²) in [5.41, 5.74) is 0. The van der Waals surface area contributed by atoms with Gasteiger partial charge in [0.15, 0.2) is 0 Å². The van der Waals surface area contributed by atoms with Crippen molar-refractivity contribution in [1.29, 1.82) is 0 Å². The van der Waals surface area contributed by atoms with E-state index in [-0.39, 0.29) is 0 Å². The van der Waals surface area contributed by atoms with Crippen LogP contribution >= 0.6 is 22.9 Å². The minimum atomic E-state index is -1.51. The summed E-state index contributed by atoms with van der Waals surface area (Å²) in [6, 6.07) is 3.11. The molecule has 1 heterocycles. The molecule has 0 aromatic carbocycles. The van der Waals surface area contributed by atoms with Gasteiger partial charge in [-0.15, -0.1) is 11.3 Å². The molecule has 0 aliphatic rings. The number of nitrogens with one attached hydrogen (secondary N) is 1. The van der Waals surface area contributed by atoms with Gasteiger partial charge in [-0.3, -0.25) is 4.79 Å². The Labute approximate surface area is 76.8 Å². The summed E-state index contributed by atoms with van der Waals surface area (Å²) >= 11 is 6.65. The minimum Gasteiger partial charge on any atom is -0.474 e. The maximum atomic E-state index is 10.6. The number of carbonyl (C=O) groups excluding carboxylic acids is 1. The van der Waals surface area contributed by atoms with Gasteiger partial charge in [-0.2, -0.15) is 0 Å². The third kappa shape index (κ3) is 2.21. The van der Waals surface area contributed by atoms with E-state index in [1.807, 2.05) is 0 Å². The van der Waals surface area contributed by atoms with Crippen LogP contribution < -0.4 is 5.32 Å². The lowest BCUT2D eigenvalue weighted by molar-refractivity contribution is -0.147. The maximum Gasteiger partial charge on any atom is 0.394 e. The zero-order valence-corrected chi connectivity index (χ0v) is 7.28. The van der Waals surface area contributed by atoms with Crippen molar-refractivity contribution in [1.82, 2.24) is 0 Å². The van der Waals surface area contributed by atoms with E-state index in [0.717, 1.165) is 11.3 Å². The number of rotatable bonds is 1. The van der Waals surface area contributed by atoms with Crippen molar-refractivity contribution < 1.29 is 14.7 Å². The van der Waals surface area contributed by atoms with Crippen molar-refractivity contribution in [3.05, 3.63) is 16.5 Å². The Kier molecular flexibility index (Phi) is 2.67. The maximum absolute atomic E-state index is 10.6. The first-order chi connectivity index (χ1) is 5.59. The van der Waals surface area contributed by atoms with Crippen LogP contribution in [-0.4, -0.2) is 17.0 Å². The van der Waals surface area contributed by atoms with E-state index in [2.05, 4.69) is 5.32 Å². The number of carbonyl (C=O) groups is 2. The number of hydrogen-bond acceptors (Lipinski definition) is 3. The van der Waals surface area contributed by atoms with Crippen LogP contribution in [0.4, 0.5) is 5.00 Å². The van der Waals surface area contributed by atoms with Gasteiger partial charge in [-0.25, -0.2) is 4.79 Å². The van der Waals surface area contributed by atoms with E-state index in [1.54, 1.807) is 6.07 Å². The molecule has 1 rings (SSSR count). The summed E-state index contributed by atoms with van der Waals surface area (Å²) in [6.07, 6.45) is 0. The lowest BCUT2D eigenvalue weighted by Crippen LogP contribution is -2.21. The highest BCUT2D eigenvalue weighted by Gasteiger charge is 2.11. The summed E-state index contributed by atoms with van der Waals surface area (Å²) in [7, 11) is 0. The molecule has 0 bridgehead atoms. The SMILES string of the molecule is O=C(O)C(=O)Nc1ccc(Cl)s1. The Morgan fingerprint density at radius 3 is 2.58 bits per heavy atom. The Balaban J connectivity index is 2.64. The molecule has 0 aliphatic carbocycles. The van der Waals surface area contributed by atoms with Gasteiger partial charge < -0.3 is 10.4 Å². The first-order valence-corrected chi connectivity index (χ1v) is 4.08. The monoisotopic (exact) mass is 205 g/mol. The lowest BCUT2D eigenvalue weighted by atomic mass is 10.5. The van der Waals surface area contributed by atoms with Crippen LogP contribution in [0.15, 0.2) is 12.1 Å². The third-order valence-corrected chi connectivity index (χ3v) is 2.15. The molecule has 0 fully saturated rings. The van der Waals surface area contributed by atoms with Crippen LogP contribution in [0, 0.1) is 0 Å². The zero-order valence-electron chi connectivity index (χ0n) is 5.70. The zero-order chi connectivity index (χ0) is 9.14. The van der Waals surface area contributed by atoms with Gasteiger partial charge in [0.05, 0.1) is 9.34 Å². The molecule has 1 amide bonds. The van der Waals surface area contributed by atoms with E-state index in [0.29, 0.717) is 9.34 Å². The molecule has 0 aliphatic heterocycles. The van der Waals surface area contributed by atoms with Gasteiger partial charge in [0, 0.05) is 0 Å². The molecular formula is C6H4ClNO3S. The summed E-state index contributed by atoms with van der Waals surface area (Å²) in [4.78, 5) is 20.6. The van der Waals surface area contributed by atoms with E-state index in [4.69, 9.17) is 16.7 Å². The predicted molar refractivity (Wildman–Crippen MR) is 45.6 cm³/mol. The number of aliphatic carboxylic acids is 1. The van der Waals surface area contributed by atoms with Gasteiger partial charge in [0.1, 0.15) is 0 Å². The second-order valence-corrected chi connectivity index (χ2v) is 3.58. The van der Waals surface area contributed by atoms with Crippen molar-refractivity contribution in [3.63, 3.8) is 0 Å². The number of anilines is 1. The molecule has 1 aromatic rings. The number of hydrogen-bond donors (Lipinski definition) is 2. The molecule has 0 saturated carbocycles. The minimum absolute atomic E-state index is 0.424. The van der Waals surface area contributed by atoms with E-state index in [9.17, 15) is 9.59 Å². The Morgan fingerprint density at radius 2 is 2.17 bits per heavy atom. The molecule has 6 heteroatoms. The normalized spacial score (nSPS) is 9.42. The summed E-state index contributed by atoms with van der Waals surface area (Å²) in [5, 5.41) is 10.8. The lowest BCUT2D eigenvalue weighted by Gasteiger charge is -1.94. The summed E-state index contributed by atoms with van der Waals surface area (Å²) in [5.74, 6) is -2.58. The van der Waals surface area contributed by atoms with Crippen molar-refractivity contribution in [3.8, 4) is 0 Å². The smallest absolute Gasteiger partial charge is 0.394 e. The van der Waals surface area contributed by atoms with Gasteiger partial charge in [0.25, 0.3) is 0 Å². The molecule has 2 N–H and O–H groups in total. The van der Waals surface area contributed by atoms with Crippen LogP contribution in [0.3, 0.4) is 0 Å². The second kappa shape index (κ2) is 3.55. The topological polar surface area (TPSA) is 66.4 Å². The summed E-state index contributed by atoms with van der Waals surface area (Å²) < 4.78 is 0.496. The van der Waals surface area contributed by atoms with Crippen LogP contribution in [-0.2, 0) is 9.59 Å². The first-order valence-electron chi connectivity index (χ1n) is 2.89. The van der Waals surface area contributed by atoms with Crippen molar-refractivity contribution >= 4 is 39.8 Å². The van der Waals surface area contributed by atoms with Crippen LogP contribution in [0.2, 0.25) is 4.34 Å². The molecular weight excluding hydrogens is 202 g/mol. The molecule has 0 unspecified atom stereocenters. The molecule has 0 saturated heterocycles. The fourth-order valence-corrected chi connectivity index (χ4v) is 1.49. The average molecular weight is 206 g/mol. The summed E-state index contributed by atoms with van der Waals surface area (Å²) in [6.45, 7) is 0. The Morgan fingerprint density at radius 1 is 1.50 bits per heavy atom. The highest BCUT2D eigenvalue weighted by atomic mass is 35.5. The fraction of sp³-hybridized carbons (Fsp3) is 0.